The van der Waals surface area contributed by atoms with Gasteiger partial charge in [-0.3, -0.25) is 4.79 Å². The summed E-state index contributed by atoms with van der Waals surface area (Å²) in [4.78, 5) is 21.0. The first-order chi connectivity index (χ1) is 14.6. The number of anilines is 1. The van der Waals surface area contributed by atoms with Crippen LogP contribution in [0.2, 0.25) is 0 Å². The molecular formula is C21H20N6O2S. The summed E-state index contributed by atoms with van der Waals surface area (Å²) in [5.41, 5.74) is 4.16. The molecule has 0 atom stereocenters. The van der Waals surface area contributed by atoms with Gasteiger partial charge < -0.3 is 10.1 Å². The first kappa shape index (κ1) is 19.8. The Balaban J connectivity index is 1.46. The Hall–Kier alpha value is -3.46. The van der Waals surface area contributed by atoms with E-state index in [-0.39, 0.29) is 11.7 Å². The minimum absolute atomic E-state index is 0.164. The van der Waals surface area contributed by atoms with Gasteiger partial charge in [0.05, 0.1) is 25.1 Å². The molecule has 0 aliphatic carbocycles. The number of rotatable bonds is 7. The van der Waals surface area contributed by atoms with Crippen molar-refractivity contribution in [3.63, 3.8) is 0 Å². The van der Waals surface area contributed by atoms with E-state index < -0.39 is 0 Å². The van der Waals surface area contributed by atoms with E-state index in [1.165, 1.54) is 23.7 Å². The average Bonchev–Trinajstić information content (AvgIpc) is 3.17. The summed E-state index contributed by atoms with van der Waals surface area (Å²) in [5.74, 6) is 0.622. The van der Waals surface area contributed by atoms with Gasteiger partial charge in [-0.05, 0) is 24.6 Å². The summed E-state index contributed by atoms with van der Waals surface area (Å²) >= 11 is 1.29. The lowest BCUT2D eigenvalue weighted by Crippen LogP contribution is -2.14. The smallest absolute Gasteiger partial charge is 0.234 e. The molecule has 0 saturated carbocycles. The van der Waals surface area contributed by atoms with Crippen LogP contribution in [0.3, 0.4) is 0 Å². The minimum atomic E-state index is -0.164. The van der Waals surface area contributed by atoms with Gasteiger partial charge in [-0.2, -0.15) is 0 Å². The van der Waals surface area contributed by atoms with Crippen LogP contribution in [0.15, 0.2) is 59.9 Å². The van der Waals surface area contributed by atoms with E-state index in [4.69, 9.17) is 4.74 Å². The van der Waals surface area contributed by atoms with Gasteiger partial charge in [-0.1, -0.05) is 58.9 Å². The van der Waals surface area contributed by atoms with E-state index in [9.17, 15) is 4.79 Å². The molecule has 4 rings (SSSR count). The van der Waals surface area contributed by atoms with Crippen molar-refractivity contribution >= 4 is 34.5 Å². The zero-order valence-corrected chi connectivity index (χ0v) is 17.4. The number of amides is 1. The largest absolute Gasteiger partial charge is 0.495 e. The first-order valence-electron chi connectivity index (χ1n) is 9.29. The lowest BCUT2D eigenvalue weighted by Gasteiger charge is -2.09. The number of benzene rings is 2. The third-order valence-electron chi connectivity index (χ3n) is 4.44. The number of carbonyl (C=O) groups excluding carboxylic acids is 1. The van der Waals surface area contributed by atoms with Gasteiger partial charge in [-0.15, -0.1) is 5.10 Å². The highest BCUT2D eigenvalue weighted by Crippen LogP contribution is 2.25. The van der Waals surface area contributed by atoms with Crippen molar-refractivity contribution in [3.8, 4) is 5.75 Å². The van der Waals surface area contributed by atoms with Crippen LogP contribution in [0.25, 0.3) is 11.2 Å². The second-order valence-electron chi connectivity index (χ2n) is 6.62. The number of hydrogen-bond donors (Lipinski definition) is 1. The molecule has 0 aliphatic rings. The van der Waals surface area contributed by atoms with E-state index in [0.717, 1.165) is 5.56 Å². The average molecular weight is 420 g/mol. The standard InChI is InChI=1S/C21H20N6O2S/c1-14-7-9-15(10-8-14)11-27-20-19(25-26-27)21(23-13-22-20)30-12-18(28)24-16-5-3-4-6-17(16)29-2/h3-10,13H,11-12H2,1-2H3,(H,24,28). The van der Waals surface area contributed by atoms with Crippen molar-refractivity contribution in [2.24, 2.45) is 0 Å². The molecule has 0 bridgehead atoms. The molecule has 0 aliphatic heterocycles. The molecule has 2 heterocycles. The molecule has 9 heteroatoms. The molecule has 0 spiro atoms. The molecule has 2 aromatic heterocycles. The van der Waals surface area contributed by atoms with Crippen molar-refractivity contribution in [1.82, 2.24) is 25.0 Å². The predicted octanol–water partition coefficient (Wildman–Crippen LogP) is 3.32. The van der Waals surface area contributed by atoms with E-state index in [1.54, 1.807) is 23.9 Å². The Kier molecular flexibility index (Phi) is 5.89. The molecule has 152 valence electrons. The summed E-state index contributed by atoms with van der Waals surface area (Å²) in [6.07, 6.45) is 1.47. The Bertz CT molecular complexity index is 1180. The fraction of sp³-hybridized carbons (Fsp3) is 0.190. The Morgan fingerprint density at radius 2 is 1.93 bits per heavy atom. The van der Waals surface area contributed by atoms with Crippen molar-refractivity contribution in [3.05, 3.63) is 66.0 Å². The Morgan fingerprint density at radius 3 is 2.73 bits per heavy atom. The number of nitrogens with zero attached hydrogens (tertiary/aromatic N) is 5. The number of aryl methyl sites for hydroxylation is 1. The highest BCUT2D eigenvalue weighted by molar-refractivity contribution is 8.00. The van der Waals surface area contributed by atoms with Crippen molar-refractivity contribution < 1.29 is 9.53 Å². The van der Waals surface area contributed by atoms with Crippen molar-refractivity contribution in [2.75, 3.05) is 18.2 Å². The van der Waals surface area contributed by atoms with Gasteiger partial charge >= 0.3 is 0 Å². The number of aromatic nitrogens is 5. The van der Waals surface area contributed by atoms with Crippen LogP contribution >= 0.6 is 11.8 Å². The molecule has 4 aromatic rings. The van der Waals surface area contributed by atoms with Crippen LogP contribution in [0.5, 0.6) is 5.75 Å². The Morgan fingerprint density at radius 1 is 1.13 bits per heavy atom. The maximum absolute atomic E-state index is 12.4. The topological polar surface area (TPSA) is 94.8 Å². The summed E-state index contributed by atoms with van der Waals surface area (Å²) < 4.78 is 7.00. The number of fused-ring (bicyclic) bond motifs is 1. The fourth-order valence-electron chi connectivity index (χ4n) is 2.92. The Labute approximate surface area is 177 Å². The third-order valence-corrected chi connectivity index (χ3v) is 5.42. The highest BCUT2D eigenvalue weighted by Gasteiger charge is 2.14. The van der Waals surface area contributed by atoms with E-state index >= 15 is 0 Å². The fourth-order valence-corrected chi connectivity index (χ4v) is 3.65. The van der Waals surface area contributed by atoms with Crippen molar-refractivity contribution in [2.45, 2.75) is 18.5 Å². The molecule has 0 saturated heterocycles. The summed E-state index contributed by atoms with van der Waals surface area (Å²) in [6.45, 7) is 2.61. The maximum Gasteiger partial charge on any atom is 0.234 e. The molecule has 0 radical (unpaired) electrons. The lowest BCUT2D eigenvalue weighted by atomic mass is 10.1. The van der Waals surface area contributed by atoms with Crippen LogP contribution in [0.1, 0.15) is 11.1 Å². The molecule has 2 aromatic carbocycles. The molecule has 0 unspecified atom stereocenters. The van der Waals surface area contributed by atoms with E-state index in [2.05, 4.69) is 56.8 Å². The van der Waals surface area contributed by atoms with Crippen LogP contribution in [-0.2, 0) is 11.3 Å². The van der Waals surface area contributed by atoms with Crippen LogP contribution < -0.4 is 10.1 Å². The molecule has 30 heavy (non-hydrogen) atoms. The zero-order valence-electron chi connectivity index (χ0n) is 16.6. The monoisotopic (exact) mass is 420 g/mol. The quantitative estimate of drug-likeness (QED) is 0.362. The molecule has 1 N–H and O–H groups in total. The van der Waals surface area contributed by atoms with Crippen molar-refractivity contribution in [1.29, 1.82) is 0 Å². The van der Waals surface area contributed by atoms with Gasteiger partial charge in [0.25, 0.3) is 0 Å². The van der Waals surface area contributed by atoms with E-state index in [0.29, 0.717) is 34.2 Å². The number of thioether (sulfide) groups is 1. The van der Waals surface area contributed by atoms with Crippen LogP contribution in [0, 0.1) is 6.92 Å². The summed E-state index contributed by atoms with van der Waals surface area (Å²) in [6, 6.07) is 15.5. The SMILES string of the molecule is COc1ccccc1NC(=O)CSc1ncnc2c1nnn2Cc1ccc(C)cc1. The van der Waals surface area contributed by atoms with Gasteiger partial charge in [0.15, 0.2) is 11.2 Å². The zero-order chi connectivity index (χ0) is 20.9. The number of methoxy groups -OCH3 is 1. The van der Waals surface area contributed by atoms with Gasteiger partial charge in [0.1, 0.15) is 17.1 Å². The van der Waals surface area contributed by atoms with Crippen LogP contribution in [0.4, 0.5) is 5.69 Å². The van der Waals surface area contributed by atoms with Gasteiger partial charge in [-0.25, -0.2) is 14.6 Å². The predicted molar refractivity (Wildman–Crippen MR) is 116 cm³/mol. The molecule has 1 amide bonds. The van der Waals surface area contributed by atoms with E-state index in [1.807, 2.05) is 12.1 Å². The molecule has 0 fully saturated rings. The number of nitrogens with one attached hydrogen (secondary N) is 1. The van der Waals surface area contributed by atoms with Gasteiger partial charge in [0, 0.05) is 0 Å². The van der Waals surface area contributed by atoms with Gasteiger partial charge in [0.2, 0.25) is 5.91 Å². The summed E-state index contributed by atoms with van der Waals surface area (Å²) in [7, 11) is 1.57. The lowest BCUT2D eigenvalue weighted by molar-refractivity contribution is -0.113. The number of carbonyl (C=O) groups is 1. The first-order valence-corrected chi connectivity index (χ1v) is 10.3. The highest BCUT2D eigenvalue weighted by atomic mass is 32.2. The number of hydrogen-bond acceptors (Lipinski definition) is 7. The van der Waals surface area contributed by atoms with Crippen LogP contribution in [-0.4, -0.2) is 43.7 Å². The second-order valence-corrected chi connectivity index (χ2v) is 7.58. The number of ether oxygens (including phenoxy) is 1. The second kappa shape index (κ2) is 8.91. The maximum atomic E-state index is 12.4. The number of para-hydroxylation sites is 2. The normalized spacial score (nSPS) is 10.9. The third kappa shape index (κ3) is 4.41. The summed E-state index contributed by atoms with van der Waals surface area (Å²) in [5, 5.41) is 11.9. The molecule has 8 nitrogen and oxygen atoms in total. The minimum Gasteiger partial charge on any atom is -0.495 e. The molecular weight excluding hydrogens is 400 g/mol.